The summed E-state index contributed by atoms with van der Waals surface area (Å²) in [5.74, 6) is 2.10. The Morgan fingerprint density at radius 1 is 1.14 bits per heavy atom. The molecule has 0 aromatic carbocycles. The minimum atomic E-state index is 1.05. The molecule has 0 heteroatoms. The molecular weight excluding hydrogens is 84.1 g/mol. The van der Waals surface area contributed by atoms with Gasteiger partial charge in [0.25, 0.3) is 0 Å². The summed E-state index contributed by atoms with van der Waals surface area (Å²) in [6.45, 7) is 10.6. The maximum atomic E-state index is 3.00. The van der Waals surface area contributed by atoms with Gasteiger partial charge in [0, 0.05) is 0 Å². The van der Waals surface area contributed by atoms with Crippen molar-refractivity contribution in [3.05, 3.63) is 13.2 Å². The van der Waals surface area contributed by atoms with E-state index in [4.69, 9.17) is 0 Å². The molecule has 1 aliphatic carbocycles. The maximum Gasteiger partial charge on any atom is -0.0414 e. The molecule has 0 amide bonds. The van der Waals surface area contributed by atoms with Gasteiger partial charge in [0.15, 0.2) is 0 Å². The van der Waals surface area contributed by atoms with Gasteiger partial charge in [-0.3, -0.25) is 0 Å². The van der Waals surface area contributed by atoms with Crippen LogP contribution in [0.4, 0.5) is 0 Å². The molecule has 0 nitrogen and oxygen atoms in total. The van der Waals surface area contributed by atoms with Gasteiger partial charge in [0.2, 0.25) is 0 Å². The lowest BCUT2D eigenvalue weighted by molar-refractivity contribution is 0.834. The van der Waals surface area contributed by atoms with Crippen LogP contribution in [0.3, 0.4) is 0 Å². The van der Waals surface area contributed by atoms with Gasteiger partial charge in [-0.25, -0.2) is 0 Å². The molecule has 2 atom stereocenters. The highest BCUT2D eigenvalue weighted by Gasteiger charge is 2.26. The molecule has 0 heterocycles. The van der Waals surface area contributed by atoms with Crippen LogP contribution in [-0.2, 0) is 0 Å². The normalized spacial score (nSPS) is 35.7. The van der Waals surface area contributed by atoms with Crippen molar-refractivity contribution in [2.24, 2.45) is 11.8 Å². The third kappa shape index (κ3) is 2.44. The van der Waals surface area contributed by atoms with Gasteiger partial charge < -0.3 is 0 Å². The summed E-state index contributed by atoms with van der Waals surface area (Å²) in [6.07, 6.45) is 1.47. The largest absolute Gasteiger partial charge is 0.106 e. The third-order valence-corrected chi connectivity index (χ3v) is 1.51. The first-order chi connectivity index (χ1) is 3.30. The van der Waals surface area contributed by atoms with Crippen LogP contribution in [0.5, 0.6) is 0 Å². The van der Waals surface area contributed by atoms with Gasteiger partial charge >= 0.3 is 0 Å². The summed E-state index contributed by atoms with van der Waals surface area (Å²) in [7, 11) is 0. The molecule has 0 aliphatic heterocycles. The molecule has 0 saturated heterocycles. The summed E-state index contributed by atoms with van der Waals surface area (Å²) in [6, 6.07) is 0. The average molecular weight is 98.2 g/mol. The van der Waals surface area contributed by atoms with E-state index in [-0.39, 0.29) is 0 Å². The van der Waals surface area contributed by atoms with Crippen molar-refractivity contribution in [2.45, 2.75) is 20.3 Å². The summed E-state index contributed by atoms with van der Waals surface area (Å²) < 4.78 is 0. The first kappa shape index (κ1) is 6.74. The fourth-order valence-corrected chi connectivity index (χ4v) is 0.508. The van der Waals surface area contributed by atoms with Crippen molar-refractivity contribution in [1.82, 2.24) is 0 Å². The molecule has 0 aromatic heterocycles. The Labute approximate surface area is 46.2 Å². The van der Waals surface area contributed by atoms with Crippen LogP contribution in [-0.4, -0.2) is 0 Å². The Hall–Kier alpha value is -0.260. The van der Waals surface area contributed by atoms with E-state index in [0.29, 0.717) is 0 Å². The lowest BCUT2D eigenvalue weighted by Gasteiger charge is -1.66. The Morgan fingerprint density at radius 3 is 1.29 bits per heavy atom. The molecule has 7 heavy (non-hydrogen) atoms. The van der Waals surface area contributed by atoms with Crippen molar-refractivity contribution in [1.29, 1.82) is 0 Å². The molecule has 1 fully saturated rings. The molecule has 1 saturated carbocycles. The van der Waals surface area contributed by atoms with Gasteiger partial charge in [-0.1, -0.05) is 13.8 Å². The second-order valence-electron chi connectivity index (χ2n) is 2.19. The second-order valence-corrected chi connectivity index (χ2v) is 2.19. The Kier molecular flexibility index (Phi) is 2.73. The van der Waals surface area contributed by atoms with Crippen LogP contribution in [0.2, 0.25) is 0 Å². The molecule has 0 bridgehead atoms. The molecule has 0 radical (unpaired) electrons. The summed E-state index contributed by atoms with van der Waals surface area (Å²) in [5, 5.41) is 0. The smallest absolute Gasteiger partial charge is 0.0414 e. The SMILES string of the molecule is C=C.CC1CC1C. The van der Waals surface area contributed by atoms with Crippen molar-refractivity contribution < 1.29 is 0 Å². The lowest BCUT2D eigenvalue weighted by Crippen LogP contribution is -1.58. The first-order valence-electron chi connectivity index (χ1n) is 2.80. The zero-order chi connectivity index (χ0) is 5.86. The highest BCUT2D eigenvalue weighted by Crippen LogP contribution is 2.36. The predicted molar refractivity (Wildman–Crippen MR) is 34.2 cm³/mol. The zero-order valence-corrected chi connectivity index (χ0v) is 5.28. The zero-order valence-electron chi connectivity index (χ0n) is 5.28. The van der Waals surface area contributed by atoms with E-state index in [9.17, 15) is 0 Å². The third-order valence-electron chi connectivity index (χ3n) is 1.51. The minimum Gasteiger partial charge on any atom is -0.106 e. The van der Waals surface area contributed by atoms with Gasteiger partial charge in [-0.05, 0) is 18.3 Å². The fraction of sp³-hybridized carbons (Fsp3) is 0.714. The summed E-state index contributed by atoms with van der Waals surface area (Å²) >= 11 is 0. The molecule has 2 unspecified atom stereocenters. The van der Waals surface area contributed by atoms with Crippen LogP contribution < -0.4 is 0 Å². The van der Waals surface area contributed by atoms with E-state index in [1.165, 1.54) is 6.42 Å². The van der Waals surface area contributed by atoms with Crippen LogP contribution in [0.15, 0.2) is 13.2 Å². The van der Waals surface area contributed by atoms with E-state index < -0.39 is 0 Å². The molecular formula is C7H14. The van der Waals surface area contributed by atoms with Gasteiger partial charge in [0.1, 0.15) is 0 Å². The average Bonchev–Trinajstić information content (AvgIpc) is 2.27. The van der Waals surface area contributed by atoms with E-state index >= 15 is 0 Å². The number of hydrogen-bond acceptors (Lipinski definition) is 0. The molecule has 0 spiro atoms. The molecule has 0 N–H and O–H groups in total. The van der Waals surface area contributed by atoms with Crippen LogP contribution in [0.1, 0.15) is 20.3 Å². The van der Waals surface area contributed by atoms with E-state index in [1.807, 2.05) is 0 Å². The van der Waals surface area contributed by atoms with Gasteiger partial charge in [-0.2, -0.15) is 0 Å². The Morgan fingerprint density at radius 2 is 1.29 bits per heavy atom. The Balaban J connectivity index is 0.000000162. The minimum absolute atomic E-state index is 1.05. The predicted octanol–water partition coefficient (Wildman–Crippen LogP) is 2.46. The standard InChI is InChI=1S/C5H10.C2H4/c1-4-3-5(4)2;1-2/h4-5H,3H2,1-2H3;1-2H2. The van der Waals surface area contributed by atoms with E-state index in [0.717, 1.165) is 11.8 Å². The van der Waals surface area contributed by atoms with E-state index in [2.05, 4.69) is 27.0 Å². The topological polar surface area (TPSA) is 0 Å². The van der Waals surface area contributed by atoms with Crippen molar-refractivity contribution >= 4 is 0 Å². The Bertz CT molecular complexity index is 42.0. The molecule has 42 valence electrons. The monoisotopic (exact) mass is 98.1 g/mol. The van der Waals surface area contributed by atoms with Crippen molar-refractivity contribution in [3.63, 3.8) is 0 Å². The van der Waals surface area contributed by atoms with Gasteiger partial charge in [0.05, 0.1) is 0 Å². The highest BCUT2D eigenvalue weighted by atomic mass is 14.3. The molecule has 1 aliphatic rings. The first-order valence-corrected chi connectivity index (χ1v) is 2.80. The van der Waals surface area contributed by atoms with Crippen LogP contribution in [0, 0.1) is 11.8 Å². The summed E-state index contributed by atoms with van der Waals surface area (Å²) in [4.78, 5) is 0. The van der Waals surface area contributed by atoms with Crippen molar-refractivity contribution in [2.75, 3.05) is 0 Å². The van der Waals surface area contributed by atoms with Crippen LogP contribution >= 0.6 is 0 Å². The van der Waals surface area contributed by atoms with Crippen molar-refractivity contribution in [3.8, 4) is 0 Å². The lowest BCUT2D eigenvalue weighted by atomic mass is 10.4. The molecule has 1 rings (SSSR count). The number of rotatable bonds is 0. The highest BCUT2D eigenvalue weighted by molar-refractivity contribution is 4.76. The van der Waals surface area contributed by atoms with Gasteiger partial charge in [-0.15, -0.1) is 13.2 Å². The quantitative estimate of drug-likeness (QED) is 0.408. The van der Waals surface area contributed by atoms with Crippen LogP contribution in [0.25, 0.3) is 0 Å². The second kappa shape index (κ2) is 2.84. The summed E-state index contributed by atoms with van der Waals surface area (Å²) in [5.41, 5.74) is 0. The van der Waals surface area contributed by atoms with E-state index in [1.54, 1.807) is 0 Å². The fourth-order valence-electron chi connectivity index (χ4n) is 0.508. The number of hydrogen-bond donors (Lipinski definition) is 0. The maximum absolute atomic E-state index is 3.00. The molecule has 0 aromatic rings.